The maximum Gasteiger partial charge on any atom is 0.264 e. The van der Waals surface area contributed by atoms with Crippen molar-refractivity contribution < 1.29 is 8.42 Å². The van der Waals surface area contributed by atoms with Crippen LogP contribution in [-0.2, 0) is 9.05 Å². The zero-order chi connectivity index (χ0) is 12.6. The smallest absolute Gasteiger partial charge is 0.238 e. The van der Waals surface area contributed by atoms with Crippen molar-refractivity contribution in [2.24, 2.45) is 0 Å². The monoisotopic (exact) mass is 272 g/mol. The van der Waals surface area contributed by atoms with Crippen LogP contribution in [-0.4, -0.2) is 28.2 Å². The van der Waals surface area contributed by atoms with E-state index in [-0.39, 0.29) is 4.90 Å². The lowest BCUT2D eigenvalue weighted by molar-refractivity contribution is 0.609. The Morgan fingerprint density at radius 3 is 2.53 bits per heavy atom. The molecule has 6 nitrogen and oxygen atoms in total. The SMILES string of the molecule is Cc1cc(-n2cc(S(=O)(=O)Cl)cn2)nc(C)n1. The predicted molar refractivity (Wildman–Crippen MR) is 61.7 cm³/mol. The Hall–Kier alpha value is -1.47. The first-order valence-corrected chi connectivity index (χ1v) is 6.99. The summed E-state index contributed by atoms with van der Waals surface area (Å²) in [7, 11) is 1.44. The first kappa shape index (κ1) is 12.0. The number of halogens is 1. The number of nitrogens with zero attached hydrogens (tertiary/aromatic N) is 4. The fraction of sp³-hybridized carbons (Fsp3) is 0.222. The van der Waals surface area contributed by atoms with Gasteiger partial charge in [-0.15, -0.1) is 0 Å². The minimum Gasteiger partial charge on any atom is -0.238 e. The lowest BCUT2D eigenvalue weighted by Crippen LogP contribution is -2.02. The molecule has 0 unspecified atom stereocenters. The van der Waals surface area contributed by atoms with Gasteiger partial charge in [0.15, 0.2) is 5.82 Å². The fourth-order valence-corrected chi connectivity index (χ4v) is 2.01. The highest BCUT2D eigenvalue weighted by Crippen LogP contribution is 2.15. The molecule has 0 fully saturated rings. The van der Waals surface area contributed by atoms with Gasteiger partial charge >= 0.3 is 0 Å². The van der Waals surface area contributed by atoms with E-state index in [1.54, 1.807) is 13.0 Å². The molecule has 0 aromatic carbocycles. The second-order valence-corrected chi connectivity index (χ2v) is 6.04. The van der Waals surface area contributed by atoms with Crippen molar-refractivity contribution in [1.82, 2.24) is 19.7 Å². The molecule has 0 saturated heterocycles. The third-order valence-corrected chi connectivity index (χ3v) is 3.34. The molecule has 0 radical (unpaired) electrons. The number of hydrogen-bond acceptors (Lipinski definition) is 5. The molecule has 0 aliphatic carbocycles. The molecular weight excluding hydrogens is 264 g/mol. The van der Waals surface area contributed by atoms with Crippen LogP contribution in [0.5, 0.6) is 0 Å². The van der Waals surface area contributed by atoms with Gasteiger partial charge in [-0.2, -0.15) is 5.10 Å². The summed E-state index contributed by atoms with van der Waals surface area (Å²) in [6.45, 7) is 3.57. The highest BCUT2D eigenvalue weighted by Gasteiger charge is 2.13. The maximum absolute atomic E-state index is 11.1. The van der Waals surface area contributed by atoms with E-state index in [0.717, 1.165) is 5.69 Å². The Labute approximate surface area is 103 Å². The number of hydrogen-bond donors (Lipinski definition) is 0. The summed E-state index contributed by atoms with van der Waals surface area (Å²) in [4.78, 5) is 8.21. The second kappa shape index (κ2) is 4.08. The molecule has 0 bridgehead atoms. The quantitative estimate of drug-likeness (QED) is 0.768. The zero-order valence-corrected chi connectivity index (χ0v) is 10.7. The Bertz CT molecular complexity index is 645. The third-order valence-electron chi connectivity index (χ3n) is 2.03. The van der Waals surface area contributed by atoms with Crippen molar-refractivity contribution in [2.75, 3.05) is 0 Å². The molecule has 2 aromatic rings. The molecular formula is C9H9ClN4O2S. The van der Waals surface area contributed by atoms with Crippen LogP contribution >= 0.6 is 10.7 Å². The molecule has 0 atom stereocenters. The van der Waals surface area contributed by atoms with E-state index in [9.17, 15) is 8.42 Å². The van der Waals surface area contributed by atoms with Gasteiger partial charge < -0.3 is 0 Å². The molecule has 17 heavy (non-hydrogen) atoms. The Morgan fingerprint density at radius 2 is 2.00 bits per heavy atom. The van der Waals surface area contributed by atoms with Crippen LogP contribution in [0, 0.1) is 13.8 Å². The van der Waals surface area contributed by atoms with E-state index < -0.39 is 9.05 Å². The van der Waals surface area contributed by atoms with Gasteiger partial charge in [0.25, 0.3) is 9.05 Å². The van der Waals surface area contributed by atoms with Crippen molar-refractivity contribution in [3.63, 3.8) is 0 Å². The molecule has 8 heteroatoms. The van der Waals surface area contributed by atoms with Crippen molar-refractivity contribution in [1.29, 1.82) is 0 Å². The highest BCUT2D eigenvalue weighted by molar-refractivity contribution is 8.13. The van der Waals surface area contributed by atoms with E-state index >= 15 is 0 Å². The van der Waals surface area contributed by atoms with E-state index in [0.29, 0.717) is 11.6 Å². The van der Waals surface area contributed by atoms with Gasteiger partial charge in [-0.1, -0.05) is 0 Å². The summed E-state index contributed by atoms with van der Waals surface area (Å²) in [6, 6.07) is 1.70. The molecule has 0 N–H and O–H groups in total. The molecule has 2 aromatic heterocycles. The fourth-order valence-electron chi connectivity index (χ4n) is 1.37. The average molecular weight is 273 g/mol. The van der Waals surface area contributed by atoms with E-state index in [1.165, 1.54) is 17.1 Å². The van der Waals surface area contributed by atoms with Crippen LogP contribution in [0.3, 0.4) is 0 Å². The summed E-state index contributed by atoms with van der Waals surface area (Å²) in [6.07, 6.45) is 2.48. The predicted octanol–water partition coefficient (Wildman–Crippen LogP) is 1.21. The molecule has 0 amide bonds. The standard InChI is InChI=1S/C9H9ClN4O2S/c1-6-3-9(13-7(2)12-6)14-5-8(4-11-14)17(10,15)16/h3-5H,1-2H3. The van der Waals surface area contributed by atoms with E-state index in [1.807, 2.05) is 6.92 Å². The van der Waals surface area contributed by atoms with Gasteiger partial charge in [0, 0.05) is 22.4 Å². The summed E-state index contributed by atoms with van der Waals surface area (Å²) < 4.78 is 23.5. The first-order valence-electron chi connectivity index (χ1n) is 4.68. The zero-order valence-electron chi connectivity index (χ0n) is 9.12. The van der Waals surface area contributed by atoms with Gasteiger partial charge in [0.1, 0.15) is 10.7 Å². The van der Waals surface area contributed by atoms with Crippen LogP contribution in [0.2, 0.25) is 0 Å². The average Bonchev–Trinajstić information content (AvgIpc) is 2.63. The summed E-state index contributed by atoms with van der Waals surface area (Å²) in [5.74, 6) is 1.09. The van der Waals surface area contributed by atoms with Crippen molar-refractivity contribution in [3.05, 3.63) is 30.0 Å². The summed E-state index contributed by atoms with van der Waals surface area (Å²) >= 11 is 0. The first-order chi connectivity index (χ1) is 7.86. The molecule has 0 spiro atoms. The van der Waals surface area contributed by atoms with Crippen molar-refractivity contribution >= 4 is 19.7 Å². The van der Waals surface area contributed by atoms with Crippen molar-refractivity contribution in [3.8, 4) is 5.82 Å². The molecule has 2 heterocycles. The number of aromatic nitrogens is 4. The number of rotatable bonds is 2. The Balaban J connectivity index is 2.51. The van der Waals surface area contributed by atoms with Gasteiger partial charge in [-0.3, -0.25) is 0 Å². The molecule has 90 valence electrons. The summed E-state index contributed by atoms with van der Waals surface area (Å²) in [5, 5.41) is 3.90. The van der Waals surface area contributed by atoms with E-state index in [2.05, 4.69) is 15.1 Å². The van der Waals surface area contributed by atoms with Gasteiger partial charge in [-0.05, 0) is 13.8 Å². The lowest BCUT2D eigenvalue weighted by atomic mass is 10.4. The molecule has 0 aliphatic heterocycles. The topological polar surface area (TPSA) is 77.7 Å². The minimum absolute atomic E-state index is 0.0620. The normalized spacial score (nSPS) is 11.7. The largest absolute Gasteiger partial charge is 0.264 e. The number of aryl methyl sites for hydroxylation is 2. The molecule has 0 saturated carbocycles. The van der Waals surface area contributed by atoms with Crippen molar-refractivity contribution in [2.45, 2.75) is 18.7 Å². The van der Waals surface area contributed by atoms with Crippen LogP contribution in [0.25, 0.3) is 5.82 Å². The lowest BCUT2D eigenvalue weighted by Gasteiger charge is -2.02. The van der Waals surface area contributed by atoms with Gasteiger partial charge in [0.05, 0.1) is 12.4 Å². The van der Waals surface area contributed by atoms with Gasteiger partial charge in [0.2, 0.25) is 0 Å². The van der Waals surface area contributed by atoms with Crippen LogP contribution in [0.15, 0.2) is 23.4 Å². The van der Waals surface area contributed by atoms with Crippen LogP contribution < -0.4 is 0 Å². The minimum atomic E-state index is -3.76. The Morgan fingerprint density at radius 1 is 1.29 bits per heavy atom. The van der Waals surface area contributed by atoms with Gasteiger partial charge in [-0.25, -0.2) is 23.1 Å². The highest BCUT2D eigenvalue weighted by atomic mass is 35.7. The second-order valence-electron chi connectivity index (χ2n) is 3.47. The molecule has 2 rings (SSSR count). The summed E-state index contributed by atoms with van der Waals surface area (Å²) in [5.41, 5.74) is 0.776. The van der Waals surface area contributed by atoms with Crippen LogP contribution in [0.1, 0.15) is 11.5 Å². The van der Waals surface area contributed by atoms with E-state index in [4.69, 9.17) is 10.7 Å². The van der Waals surface area contributed by atoms with Crippen LogP contribution in [0.4, 0.5) is 0 Å². The maximum atomic E-state index is 11.1. The molecule has 0 aliphatic rings. The third kappa shape index (κ3) is 2.62. The Kier molecular flexibility index (Phi) is 2.88.